The molecule has 0 bridgehead atoms. The van der Waals surface area contributed by atoms with Gasteiger partial charge in [-0.2, -0.15) is 0 Å². The van der Waals surface area contributed by atoms with Gasteiger partial charge in [-0.1, -0.05) is 0 Å². The van der Waals surface area contributed by atoms with Crippen LogP contribution >= 0.6 is 0 Å². The van der Waals surface area contributed by atoms with Gasteiger partial charge in [-0.15, -0.1) is 0 Å². The highest BCUT2D eigenvalue weighted by Gasteiger charge is 2.25. The largest absolute Gasteiger partial charge is 0.280 e. The molecule has 1 heterocycles. The highest BCUT2D eigenvalue weighted by Crippen LogP contribution is 2.19. The molecule has 0 atom stereocenters. The number of anilines is 1. The summed E-state index contributed by atoms with van der Waals surface area (Å²) in [4.78, 5) is 35.4. The molecule has 0 spiro atoms. The summed E-state index contributed by atoms with van der Waals surface area (Å²) in [5.74, 6) is 4.19. The van der Waals surface area contributed by atoms with Crippen molar-refractivity contribution in [2.75, 3.05) is 11.9 Å². The van der Waals surface area contributed by atoms with E-state index >= 15 is 0 Å². The summed E-state index contributed by atoms with van der Waals surface area (Å²) in [7, 11) is 1.44. The fourth-order valence-corrected chi connectivity index (χ4v) is 1.61. The minimum atomic E-state index is -0.394. The van der Waals surface area contributed by atoms with E-state index in [0.29, 0.717) is 11.3 Å². The van der Waals surface area contributed by atoms with Gasteiger partial charge in [0.2, 0.25) is 0 Å². The van der Waals surface area contributed by atoms with E-state index in [0.717, 1.165) is 9.91 Å². The predicted molar refractivity (Wildman–Crippen MR) is 64.4 cm³/mol. The maximum absolute atomic E-state index is 11.5. The number of hydrogen-bond donors (Lipinski definition) is 1. The van der Waals surface area contributed by atoms with Crippen molar-refractivity contribution in [2.24, 2.45) is 5.84 Å². The second-order valence-electron chi connectivity index (χ2n) is 3.81. The van der Waals surface area contributed by atoms with Gasteiger partial charge in [0, 0.05) is 24.8 Å². The van der Waals surface area contributed by atoms with Gasteiger partial charge >= 0.3 is 0 Å². The van der Waals surface area contributed by atoms with Gasteiger partial charge in [-0.3, -0.25) is 19.4 Å². The summed E-state index contributed by atoms with van der Waals surface area (Å²) in [6, 6.07) is 6.08. The van der Waals surface area contributed by atoms with E-state index < -0.39 is 11.8 Å². The van der Waals surface area contributed by atoms with Crippen LogP contribution in [0, 0.1) is 0 Å². The van der Waals surface area contributed by atoms with Crippen LogP contribution in [0.1, 0.15) is 10.4 Å². The van der Waals surface area contributed by atoms with Crippen LogP contribution in [0.3, 0.4) is 0 Å². The van der Waals surface area contributed by atoms with Gasteiger partial charge in [0.05, 0.1) is 5.69 Å². The molecule has 2 rings (SSSR count). The number of benzene rings is 1. The normalized spacial score (nSPS) is 14.2. The number of rotatable bonds is 2. The number of imide groups is 1. The van der Waals surface area contributed by atoms with Crippen molar-refractivity contribution in [1.29, 1.82) is 0 Å². The molecule has 0 unspecified atom stereocenters. The molecular formula is C12H11N3O3. The van der Waals surface area contributed by atoms with E-state index in [1.54, 1.807) is 0 Å². The van der Waals surface area contributed by atoms with Gasteiger partial charge in [0.1, 0.15) is 0 Å². The predicted octanol–water partition coefficient (Wildman–Crippen LogP) is 0.0617. The molecule has 6 heteroatoms. The summed E-state index contributed by atoms with van der Waals surface area (Å²) >= 11 is 0. The number of hydrogen-bond acceptors (Lipinski definition) is 4. The number of carbonyl (C=O) groups excluding carboxylic acids is 3. The highest BCUT2D eigenvalue weighted by atomic mass is 16.2. The SMILES string of the molecule is CN(N)C(=O)c1ccc(N2C(=O)C=CC2=O)cc1. The average Bonchev–Trinajstić information content (AvgIpc) is 2.68. The Balaban J connectivity index is 2.26. The number of amides is 3. The fraction of sp³-hybridized carbons (Fsp3) is 0.0833. The van der Waals surface area contributed by atoms with Crippen LogP contribution in [0.4, 0.5) is 5.69 Å². The molecular weight excluding hydrogens is 234 g/mol. The zero-order valence-electron chi connectivity index (χ0n) is 9.66. The Labute approximate surface area is 103 Å². The smallest absolute Gasteiger partial charge is 0.267 e. The molecule has 0 radical (unpaired) electrons. The van der Waals surface area contributed by atoms with E-state index in [4.69, 9.17) is 5.84 Å². The van der Waals surface area contributed by atoms with Crippen molar-refractivity contribution >= 4 is 23.4 Å². The third kappa shape index (κ3) is 2.01. The molecule has 0 aromatic heterocycles. The molecule has 1 aromatic carbocycles. The lowest BCUT2D eigenvalue weighted by Gasteiger charge is -2.15. The van der Waals surface area contributed by atoms with Crippen LogP contribution in [0.2, 0.25) is 0 Å². The van der Waals surface area contributed by atoms with Gasteiger partial charge in [-0.25, -0.2) is 10.7 Å². The first-order valence-electron chi connectivity index (χ1n) is 5.19. The lowest BCUT2D eigenvalue weighted by Crippen LogP contribution is -2.33. The van der Waals surface area contributed by atoms with E-state index in [-0.39, 0.29) is 5.91 Å². The third-order valence-corrected chi connectivity index (χ3v) is 2.50. The Hall–Kier alpha value is -2.47. The Kier molecular flexibility index (Phi) is 2.95. The molecule has 2 N–H and O–H groups in total. The summed E-state index contributed by atoms with van der Waals surface area (Å²) in [6.07, 6.45) is 2.41. The zero-order chi connectivity index (χ0) is 13.3. The second kappa shape index (κ2) is 4.42. The number of hydrazine groups is 1. The van der Waals surface area contributed by atoms with Crippen molar-refractivity contribution in [2.45, 2.75) is 0 Å². The molecule has 3 amide bonds. The topological polar surface area (TPSA) is 83.7 Å². The van der Waals surface area contributed by atoms with Crippen LogP contribution in [0.25, 0.3) is 0 Å². The number of nitrogens with zero attached hydrogens (tertiary/aromatic N) is 2. The Morgan fingerprint density at radius 2 is 1.61 bits per heavy atom. The van der Waals surface area contributed by atoms with Crippen LogP contribution in [0.15, 0.2) is 36.4 Å². The van der Waals surface area contributed by atoms with E-state index in [2.05, 4.69) is 0 Å². The minimum Gasteiger partial charge on any atom is -0.280 e. The quantitative estimate of drug-likeness (QED) is 0.345. The molecule has 0 fully saturated rings. The molecule has 0 saturated heterocycles. The number of carbonyl (C=O) groups is 3. The van der Waals surface area contributed by atoms with Crippen molar-refractivity contribution in [3.63, 3.8) is 0 Å². The van der Waals surface area contributed by atoms with Crippen LogP contribution in [-0.2, 0) is 9.59 Å². The van der Waals surface area contributed by atoms with E-state index in [1.165, 1.54) is 43.5 Å². The molecule has 0 aliphatic carbocycles. The molecule has 1 aliphatic heterocycles. The second-order valence-corrected chi connectivity index (χ2v) is 3.81. The highest BCUT2D eigenvalue weighted by molar-refractivity contribution is 6.28. The Morgan fingerprint density at radius 1 is 1.11 bits per heavy atom. The average molecular weight is 245 g/mol. The van der Waals surface area contributed by atoms with Crippen molar-refractivity contribution in [3.8, 4) is 0 Å². The lowest BCUT2D eigenvalue weighted by molar-refractivity contribution is -0.119. The molecule has 6 nitrogen and oxygen atoms in total. The van der Waals surface area contributed by atoms with Crippen molar-refractivity contribution < 1.29 is 14.4 Å². The van der Waals surface area contributed by atoms with Crippen LogP contribution in [0.5, 0.6) is 0 Å². The van der Waals surface area contributed by atoms with Gasteiger partial charge < -0.3 is 0 Å². The summed E-state index contributed by atoms with van der Waals surface area (Å²) < 4.78 is 0. The molecule has 1 aliphatic rings. The first kappa shape index (κ1) is 12.0. The monoisotopic (exact) mass is 245 g/mol. The van der Waals surface area contributed by atoms with Crippen LogP contribution in [-0.4, -0.2) is 29.8 Å². The van der Waals surface area contributed by atoms with Crippen molar-refractivity contribution in [1.82, 2.24) is 5.01 Å². The minimum absolute atomic E-state index is 0.348. The molecule has 0 saturated carbocycles. The summed E-state index contributed by atoms with van der Waals surface area (Å²) in [6.45, 7) is 0. The van der Waals surface area contributed by atoms with Gasteiger partial charge in [-0.05, 0) is 24.3 Å². The van der Waals surface area contributed by atoms with Crippen LogP contribution < -0.4 is 10.7 Å². The summed E-state index contributed by atoms with van der Waals surface area (Å²) in [5.41, 5.74) is 0.807. The Bertz CT molecular complexity index is 528. The van der Waals surface area contributed by atoms with Crippen molar-refractivity contribution in [3.05, 3.63) is 42.0 Å². The fourth-order valence-electron chi connectivity index (χ4n) is 1.61. The zero-order valence-corrected chi connectivity index (χ0v) is 9.66. The maximum atomic E-state index is 11.5. The van der Waals surface area contributed by atoms with Gasteiger partial charge in [0.15, 0.2) is 0 Å². The Morgan fingerprint density at radius 3 is 2.06 bits per heavy atom. The first-order valence-corrected chi connectivity index (χ1v) is 5.19. The standard InChI is InChI=1S/C12H11N3O3/c1-14(13)12(18)8-2-4-9(5-3-8)15-10(16)6-7-11(15)17/h2-7H,13H2,1H3. The maximum Gasteiger partial charge on any atom is 0.267 e. The third-order valence-electron chi connectivity index (χ3n) is 2.50. The molecule has 1 aromatic rings. The van der Waals surface area contributed by atoms with E-state index in [9.17, 15) is 14.4 Å². The summed E-state index contributed by atoms with van der Waals surface area (Å²) in [5, 5.41) is 0.961. The molecule has 92 valence electrons. The van der Waals surface area contributed by atoms with E-state index in [1.807, 2.05) is 0 Å². The number of nitrogens with two attached hydrogens (primary N) is 1. The molecule has 18 heavy (non-hydrogen) atoms. The first-order chi connectivity index (χ1) is 8.50. The lowest BCUT2D eigenvalue weighted by atomic mass is 10.2. The van der Waals surface area contributed by atoms with Gasteiger partial charge in [0.25, 0.3) is 17.7 Å².